The SMILES string of the molecule is CSc1ccc2c(c1)CN(C)[Te]2. The van der Waals surface area contributed by atoms with Crippen LogP contribution in [0.5, 0.6) is 0 Å². The van der Waals surface area contributed by atoms with Gasteiger partial charge in [0.2, 0.25) is 0 Å². The van der Waals surface area contributed by atoms with Crippen molar-refractivity contribution < 1.29 is 0 Å². The normalized spacial score (nSPS) is 16.5. The molecular formula is C9H11NSTe. The van der Waals surface area contributed by atoms with Gasteiger partial charge in [-0.15, -0.1) is 0 Å². The van der Waals surface area contributed by atoms with Crippen LogP contribution >= 0.6 is 11.8 Å². The average Bonchev–Trinajstić information content (AvgIpc) is 2.43. The quantitative estimate of drug-likeness (QED) is 0.563. The van der Waals surface area contributed by atoms with Crippen molar-refractivity contribution >= 4 is 36.6 Å². The predicted octanol–water partition coefficient (Wildman–Crippen LogP) is 1.10. The fraction of sp³-hybridized carbons (Fsp3) is 0.333. The molecule has 0 aromatic heterocycles. The third-order valence-corrected chi connectivity index (χ3v) is 5.60. The van der Waals surface area contributed by atoms with Gasteiger partial charge in [-0.2, -0.15) is 0 Å². The first kappa shape index (κ1) is 8.90. The second kappa shape index (κ2) is 3.59. The number of benzene rings is 1. The molecule has 1 aromatic rings. The molecule has 0 bridgehead atoms. The summed E-state index contributed by atoms with van der Waals surface area (Å²) in [4.78, 5) is 1.40. The Hall–Kier alpha value is 0.320. The Morgan fingerprint density at radius 3 is 3.08 bits per heavy atom. The van der Waals surface area contributed by atoms with Gasteiger partial charge in [0.1, 0.15) is 0 Å². The molecule has 2 rings (SSSR count). The van der Waals surface area contributed by atoms with Crippen LogP contribution in [0.3, 0.4) is 0 Å². The minimum atomic E-state index is -0.00689. The fourth-order valence-electron chi connectivity index (χ4n) is 1.34. The first-order valence-electron chi connectivity index (χ1n) is 3.85. The topological polar surface area (TPSA) is 3.24 Å². The van der Waals surface area contributed by atoms with Crippen molar-refractivity contribution in [3.63, 3.8) is 0 Å². The number of hydrogen-bond donors (Lipinski definition) is 0. The molecule has 0 amide bonds. The number of thioether (sulfide) groups is 1. The maximum atomic E-state index is 2.47. The monoisotopic (exact) mass is 295 g/mol. The van der Waals surface area contributed by atoms with Crippen LogP contribution in [-0.4, -0.2) is 37.6 Å². The molecule has 0 saturated carbocycles. The summed E-state index contributed by atoms with van der Waals surface area (Å²) in [7, 11) is 2.22. The first-order valence-corrected chi connectivity index (χ1v) is 7.29. The molecule has 0 atom stereocenters. The van der Waals surface area contributed by atoms with Gasteiger partial charge in [-0.25, -0.2) is 0 Å². The zero-order chi connectivity index (χ0) is 8.55. The van der Waals surface area contributed by atoms with Crippen molar-refractivity contribution in [2.24, 2.45) is 0 Å². The Morgan fingerprint density at radius 2 is 2.33 bits per heavy atom. The summed E-state index contributed by atoms with van der Waals surface area (Å²) in [6, 6.07) is 6.90. The third-order valence-electron chi connectivity index (χ3n) is 1.91. The van der Waals surface area contributed by atoms with E-state index in [4.69, 9.17) is 0 Å². The number of nitrogens with zero attached hydrogens (tertiary/aromatic N) is 1. The van der Waals surface area contributed by atoms with Crippen LogP contribution in [-0.2, 0) is 6.54 Å². The van der Waals surface area contributed by atoms with E-state index < -0.39 is 0 Å². The van der Waals surface area contributed by atoms with Crippen LogP contribution in [0.4, 0.5) is 0 Å². The van der Waals surface area contributed by atoms with Crippen molar-refractivity contribution in [3.8, 4) is 0 Å². The number of hydrogen-bond acceptors (Lipinski definition) is 2. The van der Waals surface area contributed by atoms with E-state index in [0.29, 0.717) is 0 Å². The van der Waals surface area contributed by atoms with Crippen molar-refractivity contribution in [2.45, 2.75) is 11.4 Å². The molecule has 1 aromatic carbocycles. The molecule has 0 N–H and O–H groups in total. The average molecular weight is 293 g/mol. The van der Waals surface area contributed by atoms with Gasteiger partial charge in [0.15, 0.2) is 0 Å². The molecule has 64 valence electrons. The molecule has 0 spiro atoms. The molecule has 1 nitrogen and oxygen atoms in total. The summed E-state index contributed by atoms with van der Waals surface area (Å²) >= 11 is 1.83. The standard InChI is InChI=1S/C9H11NSTe/c1-10-6-7-5-8(11-2)3-4-9(7)12-10/h3-5H,6H2,1-2H3. The molecule has 0 unspecified atom stereocenters. The van der Waals surface area contributed by atoms with Gasteiger partial charge in [-0.1, -0.05) is 0 Å². The Kier molecular flexibility index (Phi) is 2.66. The van der Waals surface area contributed by atoms with E-state index in [9.17, 15) is 0 Å². The van der Waals surface area contributed by atoms with Crippen molar-refractivity contribution in [1.29, 1.82) is 0 Å². The summed E-state index contributed by atoms with van der Waals surface area (Å²) in [6.07, 6.45) is 2.14. The van der Waals surface area contributed by atoms with Gasteiger partial charge >= 0.3 is 88.2 Å². The van der Waals surface area contributed by atoms with E-state index in [1.807, 2.05) is 11.8 Å². The van der Waals surface area contributed by atoms with Gasteiger partial charge < -0.3 is 0 Å². The van der Waals surface area contributed by atoms with Crippen molar-refractivity contribution in [3.05, 3.63) is 23.8 Å². The van der Waals surface area contributed by atoms with E-state index in [2.05, 4.69) is 34.7 Å². The molecule has 3 heteroatoms. The molecule has 1 aliphatic heterocycles. The van der Waals surface area contributed by atoms with E-state index in [0.717, 1.165) is 0 Å². The molecule has 1 aliphatic rings. The van der Waals surface area contributed by atoms with E-state index in [-0.39, 0.29) is 21.2 Å². The van der Waals surface area contributed by atoms with E-state index in [1.165, 1.54) is 11.4 Å². The molecule has 1 heterocycles. The summed E-state index contributed by atoms with van der Waals surface area (Å²) in [5, 5.41) is 0. The van der Waals surface area contributed by atoms with Gasteiger partial charge in [0, 0.05) is 0 Å². The molecule has 0 saturated heterocycles. The molecule has 0 radical (unpaired) electrons. The second-order valence-corrected chi connectivity index (χ2v) is 7.29. The number of rotatable bonds is 1. The van der Waals surface area contributed by atoms with Crippen LogP contribution in [0.2, 0.25) is 0 Å². The number of fused-ring (bicyclic) bond motifs is 1. The predicted molar refractivity (Wildman–Crippen MR) is 55.1 cm³/mol. The second-order valence-electron chi connectivity index (χ2n) is 2.85. The molecular weight excluding hydrogens is 282 g/mol. The van der Waals surface area contributed by atoms with Gasteiger partial charge in [0.25, 0.3) is 0 Å². The fourth-order valence-corrected chi connectivity index (χ4v) is 4.39. The van der Waals surface area contributed by atoms with Crippen molar-refractivity contribution in [2.75, 3.05) is 13.3 Å². The summed E-state index contributed by atoms with van der Waals surface area (Å²) < 4.78 is 4.10. The van der Waals surface area contributed by atoms with Crippen LogP contribution in [0.1, 0.15) is 5.56 Å². The van der Waals surface area contributed by atoms with Crippen LogP contribution in [0, 0.1) is 0 Å². The Bertz CT molecular complexity index is 301. The van der Waals surface area contributed by atoms with Gasteiger partial charge in [-0.05, 0) is 0 Å². The zero-order valence-electron chi connectivity index (χ0n) is 7.20. The van der Waals surface area contributed by atoms with Gasteiger partial charge in [0.05, 0.1) is 0 Å². The van der Waals surface area contributed by atoms with E-state index >= 15 is 0 Å². The Balaban J connectivity index is 2.35. The maximum absolute atomic E-state index is 2.47. The summed E-state index contributed by atoms with van der Waals surface area (Å²) in [5.41, 5.74) is 1.56. The van der Waals surface area contributed by atoms with Crippen LogP contribution in [0.25, 0.3) is 0 Å². The Morgan fingerprint density at radius 1 is 1.50 bits per heavy atom. The summed E-state index contributed by atoms with van der Waals surface area (Å²) in [6.45, 7) is 1.17. The van der Waals surface area contributed by atoms with Crippen LogP contribution in [0.15, 0.2) is 23.1 Å². The molecule has 12 heavy (non-hydrogen) atoms. The Labute approximate surface area is 88.0 Å². The zero-order valence-corrected chi connectivity index (χ0v) is 10.3. The summed E-state index contributed by atoms with van der Waals surface area (Å²) in [5.74, 6) is 0. The van der Waals surface area contributed by atoms with Gasteiger partial charge in [-0.3, -0.25) is 0 Å². The van der Waals surface area contributed by atoms with Crippen molar-refractivity contribution in [1.82, 2.24) is 3.15 Å². The molecule has 0 aliphatic carbocycles. The first-order chi connectivity index (χ1) is 5.79. The third kappa shape index (κ3) is 1.65. The van der Waals surface area contributed by atoms with E-state index in [1.54, 1.807) is 9.17 Å². The minimum absolute atomic E-state index is 0.00689. The molecule has 0 fully saturated rings. The van der Waals surface area contributed by atoms with Crippen LogP contribution < -0.4 is 3.61 Å².